The maximum atomic E-state index is 13.1. The van der Waals surface area contributed by atoms with Crippen molar-refractivity contribution >= 4 is 21.9 Å². The Bertz CT molecular complexity index is 440. The van der Waals surface area contributed by atoms with Gasteiger partial charge in [0.15, 0.2) is 6.10 Å². The fraction of sp³-hybridized carbons (Fsp3) is 0.462. The van der Waals surface area contributed by atoms with E-state index in [4.69, 9.17) is 9.47 Å². The minimum Gasteiger partial charge on any atom is -0.478 e. The third-order valence-electron chi connectivity index (χ3n) is 1.94. The molecule has 0 heterocycles. The molecule has 100 valence electrons. The van der Waals surface area contributed by atoms with Gasteiger partial charge in [-0.05, 0) is 55.8 Å². The second kappa shape index (κ2) is 5.69. The Labute approximate surface area is 114 Å². The maximum Gasteiger partial charge on any atom is 0.347 e. The smallest absolute Gasteiger partial charge is 0.347 e. The molecule has 0 bridgehead atoms. The molecule has 0 aromatic heterocycles. The van der Waals surface area contributed by atoms with Crippen molar-refractivity contribution in [3.8, 4) is 5.75 Å². The van der Waals surface area contributed by atoms with Crippen LogP contribution in [0.25, 0.3) is 0 Å². The molecule has 0 aliphatic carbocycles. The number of rotatable bonds is 3. The number of ether oxygens (including phenoxy) is 2. The number of esters is 1. The molecule has 0 aliphatic heterocycles. The van der Waals surface area contributed by atoms with Crippen LogP contribution < -0.4 is 4.74 Å². The summed E-state index contributed by atoms with van der Waals surface area (Å²) in [6.07, 6.45) is -0.803. The van der Waals surface area contributed by atoms with Crippen LogP contribution in [0.2, 0.25) is 0 Å². The van der Waals surface area contributed by atoms with Gasteiger partial charge in [0.1, 0.15) is 17.2 Å². The molecule has 0 spiro atoms. The van der Waals surface area contributed by atoms with Gasteiger partial charge >= 0.3 is 5.97 Å². The Balaban J connectivity index is 2.72. The number of hydrogen-bond donors (Lipinski definition) is 0. The zero-order chi connectivity index (χ0) is 13.9. The van der Waals surface area contributed by atoms with Crippen molar-refractivity contribution in [1.29, 1.82) is 0 Å². The highest BCUT2D eigenvalue weighted by molar-refractivity contribution is 9.10. The van der Waals surface area contributed by atoms with Gasteiger partial charge in [0.05, 0.1) is 4.47 Å². The van der Waals surface area contributed by atoms with E-state index in [1.165, 1.54) is 18.2 Å². The molecule has 0 saturated heterocycles. The van der Waals surface area contributed by atoms with Crippen molar-refractivity contribution in [3.05, 3.63) is 28.5 Å². The quantitative estimate of drug-likeness (QED) is 0.797. The Morgan fingerprint density at radius 2 is 2.00 bits per heavy atom. The van der Waals surface area contributed by atoms with Crippen LogP contribution >= 0.6 is 15.9 Å². The van der Waals surface area contributed by atoms with Crippen LogP contribution in [0, 0.1) is 5.82 Å². The van der Waals surface area contributed by atoms with E-state index in [1.54, 1.807) is 27.7 Å². The van der Waals surface area contributed by atoms with E-state index in [-0.39, 0.29) is 5.75 Å². The zero-order valence-corrected chi connectivity index (χ0v) is 12.4. The highest BCUT2D eigenvalue weighted by Gasteiger charge is 2.23. The van der Waals surface area contributed by atoms with Crippen LogP contribution in [0.3, 0.4) is 0 Å². The largest absolute Gasteiger partial charge is 0.478 e. The van der Waals surface area contributed by atoms with E-state index >= 15 is 0 Å². The highest BCUT2D eigenvalue weighted by atomic mass is 79.9. The predicted octanol–water partition coefficient (Wildman–Crippen LogP) is 3.70. The summed E-state index contributed by atoms with van der Waals surface area (Å²) in [6, 6.07) is 4.03. The molecule has 0 amide bonds. The fourth-order valence-corrected chi connectivity index (χ4v) is 1.53. The van der Waals surface area contributed by atoms with Crippen LogP contribution in [0.1, 0.15) is 27.7 Å². The lowest BCUT2D eigenvalue weighted by Gasteiger charge is -2.22. The van der Waals surface area contributed by atoms with E-state index in [1.807, 2.05) is 0 Å². The summed E-state index contributed by atoms with van der Waals surface area (Å²) < 4.78 is 24.2. The van der Waals surface area contributed by atoms with Gasteiger partial charge < -0.3 is 9.47 Å². The second-order valence-corrected chi connectivity index (χ2v) is 5.72. The zero-order valence-electron chi connectivity index (χ0n) is 10.8. The monoisotopic (exact) mass is 318 g/mol. The molecule has 1 aromatic carbocycles. The van der Waals surface area contributed by atoms with Gasteiger partial charge in [-0.25, -0.2) is 9.18 Å². The molecule has 0 aliphatic rings. The average molecular weight is 319 g/mol. The van der Waals surface area contributed by atoms with Crippen LogP contribution in [0.4, 0.5) is 4.39 Å². The molecule has 0 N–H and O–H groups in total. The van der Waals surface area contributed by atoms with Crippen LogP contribution in [0.15, 0.2) is 22.7 Å². The summed E-state index contributed by atoms with van der Waals surface area (Å²) in [5.74, 6) is -0.642. The number of carbonyl (C=O) groups excluding carboxylic acids is 1. The lowest BCUT2D eigenvalue weighted by atomic mass is 10.2. The van der Waals surface area contributed by atoms with Crippen molar-refractivity contribution in [2.45, 2.75) is 39.4 Å². The molecule has 5 heteroatoms. The van der Waals surface area contributed by atoms with Gasteiger partial charge in [-0.1, -0.05) is 0 Å². The van der Waals surface area contributed by atoms with Gasteiger partial charge in [-0.15, -0.1) is 0 Å². The number of carbonyl (C=O) groups is 1. The van der Waals surface area contributed by atoms with E-state index in [0.29, 0.717) is 4.47 Å². The Kier molecular flexibility index (Phi) is 4.73. The van der Waals surface area contributed by atoms with E-state index in [2.05, 4.69) is 15.9 Å². The summed E-state index contributed by atoms with van der Waals surface area (Å²) in [5, 5.41) is 0. The van der Waals surface area contributed by atoms with E-state index in [0.717, 1.165) is 0 Å². The van der Waals surface area contributed by atoms with Gasteiger partial charge in [0.2, 0.25) is 0 Å². The Morgan fingerprint density at radius 1 is 1.39 bits per heavy atom. The number of hydrogen-bond acceptors (Lipinski definition) is 3. The van der Waals surface area contributed by atoms with Crippen molar-refractivity contribution in [1.82, 2.24) is 0 Å². The second-order valence-electron chi connectivity index (χ2n) is 4.87. The average Bonchev–Trinajstić information content (AvgIpc) is 2.21. The maximum absolute atomic E-state index is 13.1. The van der Waals surface area contributed by atoms with Crippen LogP contribution in [0.5, 0.6) is 5.75 Å². The molecule has 0 saturated carbocycles. The standard InChI is InChI=1S/C13H16BrFO3/c1-8(12(16)18-13(2,3)4)17-11-7-9(15)5-6-10(11)14/h5-8H,1-4H3. The number of halogens is 2. The minimum absolute atomic E-state index is 0.272. The Morgan fingerprint density at radius 3 is 2.56 bits per heavy atom. The minimum atomic E-state index is -0.803. The molecule has 1 rings (SSSR count). The SMILES string of the molecule is CC(Oc1cc(F)ccc1Br)C(=O)OC(C)(C)C. The van der Waals surface area contributed by atoms with Gasteiger partial charge in [0, 0.05) is 6.07 Å². The van der Waals surface area contributed by atoms with Crippen molar-refractivity contribution in [2.75, 3.05) is 0 Å². The summed E-state index contributed by atoms with van der Waals surface area (Å²) in [4.78, 5) is 11.7. The Hall–Kier alpha value is -1.10. The first kappa shape index (κ1) is 15.0. The first-order valence-electron chi connectivity index (χ1n) is 5.53. The molecule has 1 aromatic rings. The van der Waals surface area contributed by atoms with Crippen molar-refractivity contribution in [3.63, 3.8) is 0 Å². The van der Waals surface area contributed by atoms with E-state index < -0.39 is 23.5 Å². The fourth-order valence-electron chi connectivity index (χ4n) is 1.19. The first-order chi connectivity index (χ1) is 8.19. The number of benzene rings is 1. The molecule has 1 unspecified atom stereocenters. The summed E-state index contributed by atoms with van der Waals surface area (Å²) >= 11 is 3.23. The molecule has 1 atom stereocenters. The topological polar surface area (TPSA) is 35.5 Å². The molecule has 0 radical (unpaired) electrons. The molecule has 18 heavy (non-hydrogen) atoms. The first-order valence-corrected chi connectivity index (χ1v) is 6.33. The van der Waals surface area contributed by atoms with Gasteiger partial charge in [-0.2, -0.15) is 0 Å². The van der Waals surface area contributed by atoms with E-state index in [9.17, 15) is 9.18 Å². The summed E-state index contributed by atoms with van der Waals surface area (Å²) in [5.41, 5.74) is -0.576. The van der Waals surface area contributed by atoms with Gasteiger partial charge in [-0.3, -0.25) is 0 Å². The molecule has 0 fully saturated rings. The summed E-state index contributed by atoms with van der Waals surface area (Å²) in [6.45, 7) is 6.88. The normalized spacial score (nSPS) is 13.0. The lowest BCUT2D eigenvalue weighted by molar-refractivity contribution is -0.162. The lowest BCUT2D eigenvalue weighted by Crippen LogP contribution is -2.33. The van der Waals surface area contributed by atoms with Crippen LogP contribution in [-0.2, 0) is 9.53 Å². The summed E-state index contributed by atoms with van der Waals surface area (Å²) in [7, 11) is 0. The van der Waals surface area contributed by atoms with Crippen LogP contribution in [-0.4, -0.2) is 17.7 Å². The van der Waals surface area contributed by atoms with Gasteiger partial charge in [0.25, 0.3) is 0 Å². The van der Waals surface area contributed by atoms with Crippen molar-refractivity contribution in [2.24, 2.45) is 0 Å². The molecule has 3 nitrogen and oxygen atoms in total. The van der Waals surface area contributed by atoms with Crippen molar-refractivity contribution < 1.29 is 18.7 Å². The molecular weight excluding hydrogens is 303 g/mol. The highest BCUT2D eigenvalue weighted by Crippen LogP contribution is 2.26. The third-order valence-corrected chi connectivity index (χ3v) is 2.59. The third kappa shape index (κ3) is 4.64. The molecular formula is C13H16BrFO3. The predicted molar refractivity (Wildman–Crippen MR) is 70.0 cm³/mol.